The average molecular weight is 213 g/mol. The molecule has 4 heteroatoms. The monoisotopic (exact) mass is 213 g/mol. The molecule has 0 bridgehead atoms. The van der Waals surface area contributed by atoms with Gasteiger partial charge in [0.25, 0.3) is 6.43 Å². The summed E-state index contributed by atoms with van der Waals surface area (Å²) < 4.78 is 24.6. The van der Waals surface area contributed by atoms with Crippen LogP contribution in [0, 0.1) is 0 Å². The van der Waals surface area contributed by atoms with E-state index < -0.39 is 6.43 Å². The van der Waals surface area contributed by atoms with Gasteiger partial charge in [0.1, 0.15) is 5.75 Å². The molecular formula is C11H13F2NO. The van der Waals surface area contributed by atoms with Gasteiger partial charge in [-0.3, -0.25) is 0 Å². The number of phenolic OH excluding ortho intramolecular Hbond substituents is 1. The predicted octanol–water partition coefficient (Wildman–Crippen LogP) is 2.36. The van der Waals surface area contributed by atoms with E-state index in [0.29, 0.717) is 12.0 Å². The molecule has 0 aliphatic heterocycles. The van der Waals surface area contributed by atoms with Crippen molar-refractivity contribution in [3.63, 3.8) is 0 Å². The summed E-state index contributed by atoms with van der Waals surface area (Å²) >= 11 is 0. The van der Waals surface area contributed by atoms with Crippen molar-refractivity contribution < 1.29 is 13.9 Å². The third-order valence-electron chi connectivity index (χ3n) is 2.80. The van der Waals surface area contributed by atoms with E-state index in [9.17, 15) is 13.9 Å². The van der Waals surface area contributed by atoms with E-state index in [4.69, 9.17) is 5.73 Å². The van der Waals surface area contributed by atoms with Gasteiger partial charge in [-0.2, -0.15) is 0 Å². The highest BCUT2D eigenvalue weighted by Crippen LogP contribution is 2.38. The first-order valence-corrected chi connectivity index (χ1v) is 4.89. The van der Waals surface area contributed by atoms with Gasteiger partial charge in [-0.1, -0.05) is 12.1 Å². The van der Waals surface area contributed by atoms with Crippen molar-refractivity contribution in [2.75, 3.05) is 0 Å². The van der Waals surface area contributed by atoms with Crippen LogP contribution in [0.2, 0.25) is 0 Å². The molecule has 0 aromatic heterocycles. The number of alkyl halides is 2. The fourth-order valence-corrected chi connectivity index (χ4v) is 1.58. The summed E-state index contributed by atoms with van der Waals surface area (Å²) in [7, 11) is 0. The molecule has 0 radical (unpaired) electrons. The number of nitrogens with two attached hydrogens (primary N) is 1. The Morgan fingerprint density at radius 1 is 1.40 bits per heavy atom. The predicted molar refractivity (Wildman–Crippen MR) is 52.9 cm³/mol. The van der Waals surface area contributed by atoms with E-state index in [1.807, 2.05) is 0 Å². The van der Waals surface area contributed by atoms with Crippen LogP contribution in [0.1, 0.15) is 30.4 Å². The van der Waals surface area contributed by atoms with Crippen LogP contribution in [0.25, 0.3) is 0 Å². The quantitative estimate of drug-likeness (QED) is 0.809. The maximum atomic E-state index is 12.3. The molecule has 82 valence electrons. The van der Waals surface area contributed by atoms with Gasteiger partial charge < -0.3 is 10.8 Å². The fourth-order valence-electron chi connectivity index (χ4n) is 1.58. The van der Waals surface area contributed by atoms with Crippen LogP contribution < -0.4 is 5.73 Å². The first-order chi connectivity index (χ1) is 7.00. The Kier molecular flexibility index (Phi) is 2.38. The summed E-state index contributed by atoms with van der Waals surface area (Å²) in [5, 5.41) is 9.54. The second-order valence-corrected chi connectivity index (χ2v) is 4.23. The highest BCUT2D eigenvalue weighted by molar-refractivity contribution is 5.38. The third kappa shape index (κ3) is 2.26. The zero-order valence-corrected chi connectivity index (χ0v) is 8.21. The van der Waals surface area contributed by atoms with Crippen molar-refractivity contribution in [2.24, 2.45) is 5.73 Å². The summed E-state index contributed by atoms with van der Waals surface area (Å²) in [5.41, 5.74) is 6.17. The van der Waals surface area contributed by atoms with Gasteiger partial charge in [-0.15, -0.1) is 0 Å². The molecule has 0 amide bonds. The second-order valence-electron chi connectivity index (χ2n) is 4.23. The summed E-state index contributed by atoms with van der Waals surface area (Å²) in [6.07, 6.45) is -0.119. The van der Waals surface area contributed by atoms with Crippen molar-refractivity contribution in [3.8, 4) is 5.75 Å². The van der Waals surface area contributed by atoms with Gasteiger partial charge in [-0.25, -0.2) is 8.78 Å². The van der Waals surface area contributed by atoms with E-state index in [0.717, 1.165) is 18.9 Å². The Bertz CT molecular complexity index is 375. The van der Waals surface area contributed by atoms with Crippen molar-refractivity contribution >= 4 is 0 Å². The standard InChI is InChI=1S/C11H13F2NO/c12-10(13)7-1-2-8(9(15)5-7)6-11(14)3-4-11/h1-2,5,10,15H,3-4,6,14H2. The van der Waals surface area contributed by atoms with Gasteiger partial charge in [0.2, 0.25) is 0 Å². The SMILES string of the molecule is NC1(Cc2ccc(C(F)F)cc2O)CC1. The number of benzene rings is 1. The van der Waals surface area contributed by atoms with Crippen molar-refractivity contribution in [3.05, 3.63) is 29.3 Å². The van der Waals surface area contributed by atoms with Gasteiger partial charge in [0.05, 0.1) is 0 Å². The Morgan fingerprint density at radius 3 is 2.53 bits per heavy atom. The molecule has 0 saturated heterocycles. The first-order valence-electron chi connectivity index (χ1n) is 4.89. The molecule has 0 spiro atoms. The molecular weight excluding hydrogens is 200 g/mol. The van der Waals surface area contributed by atoms with E-state index >= 15 is 0 Å². The molecule has 1 fully saturated rings. The molecule has 1 aliphatic rings. The topological polar surface area (TPSA) is 46.2 Å². The zero-order valence-electron chi connectivity index (χ0n) is 8.21. The van der Waals surface area contributed by atoms with Gasteiger partial charge in [0, 0.05) is 11.1 Å². The molecule has 1 aliphatic carbocycles. The van der Waals surface area contributed by atoms with Crippen LogP contribution >= 0.6 is 0 Å². The number of hydrogen-bond donors (Lipinski definition) is 2. The minimum Gasteiger partial charge on any atom is -0.508 e. The summed E-state index contributed by atoms with van der Waals surface area (Å²) in [6.45, 7) is 0. The lowest BCUT2D eigenvalue weighted by Gasteiger charge is -2.11. The van der Waals surface area contributed by atoms with Gasteiger partial charge in [0.15, 0.2) is 0 Å². The smallest absolute Gasteiger partial charge is 0.263 e. The second kappa shape index (κ2) is 3.45. The molecule has 1 saturated carbocycles. The van der Waals surface area contributed by atoms with Crippen LogP contribution in [0.15, 0.2) is 18.2 Å². The van der Waals surface area contributed by atoms with Crippen LogP contribution in [0.5, 0.6) is 5.75 Å². The summed E-state index contributed by atoms with van der Waals surface area (Å²) in [5.74, 6) is -0.0791. The average Bonchev–Trinajstić information content (AvgIpc) is 2.87. The van der Waals surface area contributed by atoms with Crippen LogP contribution in [0.4, 0.5) is 8.78 Å². The van der Waals surface area contributed by atoms with Gasteiger partial charge >= 0.3 is 0 Å². The lowest BCUT2D eigenvalue weighted by molar-refractivity contribution is 0.151. The van der Waals surface area contributed by atoms with Crippen molar-refractivity contribution in [1.82, 2.24) is 0 Å². The minimum absolute atomic E-state index is 0.0791. The Labute approximate surface area is 86.7 Å². The molecule has 0 heterocycles. The number of rotatable bonds is 3. The molecule has 1 aromatic rings. The molecule has 2 rings (SSSR count). The number of hydrogen-bond acceptors (Lipinski definition) is 2. The normalized spacial score (nSPS) is 18.1. The molecule has 2 nitrogen and oxygen atoms in total. The summed E-state index contributed by atoms with van der Waals surface area (Å²) in [4.78, 5) is 0. The van der Waals surface area contributed by atoms with E-state index in [2.05, 4.69) is 0 Å². The maximum absolute atomic E-state index is 12.3. The van der Waals surface area contributed by atoms with Crippen LogP contribution in [-0.2, 0) is 6.42 Å². The van der Waals surface area contributed by atoms with Crippen LogP contribution in [-0.4, -0.2) is 10.6 Å². The first kappa shape index (κ1) is 10.4. The molecule has 0 atom stereocenters. The third-order valence-corrected chi connectivity index (χ3v) is 2.80. The summed E-state index contributed by atoms with van der Waals surface area (Å²) in [6, 6.07) is 3.99. The van der Waals surface area contributed by atoms with Crippen molar-refractivity contribution in [2.45, 2.75) is 31.2 Å². The maximum Gasteiger partial charge on any atom is 0.263 e. The highest BCUT2D eigenvalue weighted by Gasteiger charge is 2.38. The Morgan fingerprint density at radius 2 is 2.07 bits per heavy atom. The van der Waals surface area contributed by atoms with E-state index in [-0.39, 0.29) is 16.9 Å². The lowest BCUT2D eigenvalue weighted by Crippen LogP contribution is -2.24. The number of aromatic hydroxyl groups is 1. The molecule has 1 aromatic carbocycles. The Balaban J connectivity index is 2.19. The molecule has 0 unspecified atom stereocenters. The van der Waals surface area contributed by atoms with Gasteiger partial charge in [-0.05, 0) is 30.9 Å². The zero-order chi connectivity index (χ0) is 11.1. The molecule has 3 N–H and O–H groups in total. The van der Waals surface area contributed by atoms with E-state index in [1.165, 1.54) is 12.1 Å². The molecule has 15 heavy (non-hydrogen) atoms. The van der Waals surface area contributed by atoms with Crippen LogP contribution in [0.3, 0.4) is 0 Å². The fraction of sp³-hybridized carbons (Fsp3) is 0.455. The van der Waals surface area contributed by atoms with Crippen molar-refractivity contribution in [1.29, 1.82) is 0 Å². The number of halogens is 2. The minimum atomic E-state index is -2.54. The number of phenols is 1. The van der Waals surface area contributed by atoms with E-state index in [1.54, 1.807) is 0 Å². The largest absolute Gasteiger partial charge is 0.508 e. The lowest BCUT2D eigenvalue weighted by atomic mass is 10.0. The Hall–Kier alpha value is -1.16. The highest BCUT2D eigenvalue weighted by atomic mass is 19.3.